The lowest BCUT2D eigenvalue weighted by atomic mass is 9.83. The normalized spacial score (nSPS) is 26.7. The highest BCUT2D eigenvalue weighted by Gasteiger charge is 2.55. The molecule has 0 aromatic heterocycles. The second kappa shape index (κ2) is 9.57. The summed E-state index contributed by atoms with van der Waals surface area (Å²) in [4.78, 5) is 52.4. The minimum atomic E-state index is -5.15. The number of nitrogens with zero attached hydrogens (tertiary/aromatic N) is 3. The zero-order valence-electron chi connectivity index (χ0n) is 19.3. The van der Waals surface area contributed by atoms with E-state index in [1.807, 2.05) is 20.8 Å². The second-order valence-corrected chi connectivity index (χ2v) is 9.46. The van der Waals surface area contributed by atoms with E-state index >= 15 is 0 Å². The molecule has 2 fully saturated rings. The van der Waals surface area contributed by atoms with Crippen molar-refractivity contribution in [2.75, 3.05) is 13.6 Å². The van der Waals surface area contributed by atoms with Gasteiger partial charge in [0.25, 0.3) is 0 Å². The molecular weight excluding hydrogens is 443 g/mol. The topological polar surface area (TPSA) is 123 Å². The minimum absolute atomic E-state index is 0.0250. The molecule has 2 aliphatic heterocycles. The second-order valence-electron chi connectivity index (χ2n) is 9.46. The van der Waals surface area contributed by atoms with Crippen molar-refractivity contribution < 1.29 is 32.3 Å². The van der Waals surface area contributed by atoms with Crippen LogP contribution in [0.3, 0.4) is 0 Å². The van der Waals surface area contributed by atoms with E-state index in [-0.39, 0.29) is 37.3 Å². The van der Waals surface area contributed by atoms with Crippen LogP contribution >= 0.6 is 0 Å². The Morgan fingerprint density at radius 1 is 1.30 bits per heavy atom. The third kappa shape index (κ3) is 5.57. The van der Waals surface area contributed by atoms with Crippen molar-refractivity contribution in [3.63, 3.8) is 0 Å². The monoisotopic (exact) mass is 473 g/mol. The van der Waals surface area contributed by atoms with Crippen LogP contribution in [0.2, 0.25) is 0 Å². The van der Waals surface area contributed by atoms with Gasteiger partial charge in [-0.3, -0.25) is 19.2 Å². The molecule has 0 saturated carbocycles. The number of hydrogen-bond acceptors (Lipinski definition) is 5. The Morgan fingerprint density at radius 3 is 2.36 bits per heavy atom. The highest BCUT2D eigenvalue weighted by molar-refractivity contribution is 5.94. The van der Waals surface area contributed by atoms with E-state index in [1.54, 1.807) is 5.32 Å². The van der Waals surface area contributed by atoms with Gasteiger partial charge in [0.15, 0.2) is 0 Å². The predicted octanol–water partition coefficient (Wildman–Crippen LogP) is 0.946. The first-order valence-electron chi connectivity index (χ1n) is 10.8. The van der Waals surface area contributed by atoms with Gasteiger partial charge in [0.05, 0.1) is 11.5 Å². The largest absolute Gasteiger partial charge is 0.471 e. The number of halogens is 3. The van der Waals surface area contributed by atoms with Crippen LogP contribution in [0.15, 0.2) is 0 Å². The smallest absolute Gasteiger partial charge is 0.353 e. The van der Waals surface area contributed by atoms with Crippen molar-refractivity contribution in [3.8, 4) is 6.07 Å². The maximum atomic E-state index is 13.5. The average Bonchev–Trinajstić information content (AvgIpc) is 3.21. The summed E-state index contributed by atoms with van der Waals surface area (Å²) in [6.45, 7) is 6.59. The Kier molecular flexibility index (Phi) is 7.66. The van der Waals surface area contributed by atoms with E-state index in [0.717, 1.165) is 11.8 Å². The fraction of sp³-hybridized carbons (Fsp3) is 0.762. The third-order valence-electron chi connectivity index (χ3n) is 6.19. The van der Waals surface area contributed by atoms with Crippen molar-refractivity contribution >= 4 is 23.6 Å². The van der Waals surface area contributed by atoms with Gasteiger partial charge in [-0.1, -0.05) is 13.8 Å². The summed E-state index contributed by atoms with van der Waals surface area (Å²) in [7, 11) is 1.28. The third-order valence-corrected chi connectivity index (χ3v) is 6.19. The Labute approximate surface area is 190 Å². The molecule has 33 heavy (non-hydrogen) atoms. The SMILES string of the molecule is CC(C)C[C@@H](C(=O)N1C[C@]2(CC(C)NC2=O)C[C@H]1C#N)N(C)C(=O)[C@H](C)NC(=O)C(F)(F)F. The lowest BCUT2D eigenvalue weighted by molar-refractivity contribution is -0.175. The van der Waals surface area contributed by atoms with E-state index in [4.69, 9.17) is 0 Å². The van der Waals surface area contributed by atoms with Gasteiger partial charge in [0.2, 0.25) is 17.7 Å². The number of amides is 4. The van der Waals surface area contributed by atoms with Gasteiger partial charge in [-0.25, -0.2) is 0 Å². The standard InChI is InChI=1S/C21H30F3N5O4/c1-11(2)6-15(28(5)16(30)13(4)27-19(33)21(22,23)24)17(31)29-10-20(8-14(29)9-25)7-12(3)26-18(20)32/h11-15H,6-8,10H2,1-5H3,(H,26,32)(H,27,33)/t12?,13-,14-,15-,20-/m0/s1. The lowest BCUT2D eigenvalue weighted by Gasteiger charge is -2.34. The highest BCUT2D eigenvalue weighted by atomic mass is 19.4. The Morgan fingerprint density at radius 2 is 1.91 bits per heavy atom. The van der Waals surface area contributed by atoms with Crippen LogP contribution < -0.4 is 10.6 Å². The van der Waals surface area contributed by atoms with Crippen molar-refractivity contribution in [1.29, 1.82) is 5.26 Å². The maximum Gasteiger partial charge on any atom is 0.471 e. The molecule has 9 nitrogen and oxygen atoms in total. The first-order valence-corrected chi connectivity index (χ1v) is 10.8. The summed E-state index contributed by atoms with van der Waals surface area (Å²) >= 11 is 0. The molecule has 2 aliphatic rings. The molecule has 2 heterocycles. The zero-order chi connectivity index (χ0) is 25.3. The first kappa shape index (κ1) is 26.4. The summed E-state index contributed by atoms with van der Waals surface area (Å²) in [5, 5.41) is 14.1. The molecule has 2 saturated heterocycles. The van der Waals surface area contributed by atoms with Crippen molar-refractivity contribution in [2.24, 2.45) is 11.3 Å². The molecule has 12 heteroatoms. The molecule has 0 aromatic carbocycles. The van der Waals surface area contributed by atoms with E-state index in [9.17, 15) is 37.6 Å². The Hall–Kier alpha value is -2.84. The number of nitriles is 1. The van der Waals surface area contributed by atoms with Crippen molar-refractivity contribution in [2.45, 2.75) is 77.3 Å². The van der Waals surface area contributed by atoms with Crippen LogP contribution in [0.4, 0.5) is 13.2 Å². The van der Waals surface area contributed by atoms with E-state index in [1.165, 1.54) is 11.9 Å². The van der Waals surface area contributed by atoms with Crippen LogP contribution in [-0.2, 0) is 19.2 Å². The van der Waals surface area contributed by atoms with Gasteiger partial charge in [0, 0.05) is 19.6 Å². The van der Waals surface area contributed by atoms with Crippen LogP contribution in [-0.4, -0.2) is 77.4 Å². The van der Waals surface area contributed by atoms with Gasteiger partial charge in [-0.15, -0.1) is 0 Å². The quantitative estimate of drug-likeness (QED) is 0.595. The Balaban J connectivity index is 2.25. The lowest BCUT2D eigenvalue weighted by Crippen LogP contribution is -2.56. The summed E-state index contributed by atoms with van der Waals surface area (Å²) in [6, 6.07) is -1.50. The van der Waals surface area contributed by atoms with Crippen LogP contribution in [0.5, 0.6) is 0 Å². The van der Waals surface area contributed by atoms with E-state index in [0.29, 0.717) is 6.42 Å². The maximum absolute atomic E-state index is 13.5. The summed E-state index contributed by atoms with van der Waals surface area (Å²) < 4.78 is 37.7. The van der Waals surface area contributed by atoms with Crippen LogP contribution in [0.25, 0.3) is 0 Å². The number of carbonyl (C=O) groups excluding carboxylic acids is 4. The van der Waals surface area contributed by atoms with E-state index < -0.39 is 47.4 Å². The number of nitrogens with one attached hydrogen (secondary N) is 2. The molecule has 1 unspecified atom stereocenters. The first-order chi connectivity index (χ1) is 15.1. The molecule has 1 spiro atoms. The molecule has 4 amide bonds. The number of likely N-dealkylation sites (tertiary alicyclic amines) is 1. The van der Waals surface area contributed by atoms with Crippen LogP contribution in [0, 0.1) is 22.7 Å². The number of carbonyl (C=O) groups is 4. The molecule has 5 atom stereocenters. The molecule has 2 rings (SSSR count). The molecule has 184 valence electrons. The number of rotatable bonds is 6. The van der Waals surface area contributed by atoms with Gasteiger partial charge >= 0.3 is 12.1 Å². The molecule has 0 aliphatic carbocycles. The molecule has 2 N–H and O–H groups in total. The van der Waals surface area contributed by atoms with Crippen molar-refractivity contribution in [1.82, 2.24) is 20.4 Å². The Bertz CT molecular complexity index is 856. The highest BCUT2D eigenvalue weighted by Crippen LogP contribution is 2.43. The van der Waals surface area contributed by atoms with Gasteiger partial charge in [-0.2, -0.15) is 18.4 Å². The zero-order valence-corrected chi connectivity index (χ0v) is 19.3. The van der Waals surface area contributed by atoms with Crippen molar-refractivity contribution in [3.05, 3.63) is 0 Å². The van der Waals surface area contributed by atoms with Gasteiger partial charge in [0.1, 0.15) is 18.1 Å². The predicted molar refractivity (Wildman–Crippen MR) is 110 cm³/mol. The minimum Gasteiger partial charge on any atom is -0.353 e. The number of alkyl halides is 3. The molecule has 0 aromatic rings. The summed E-state index contributed by atoms with van der Waals surface area (Å²) in [6.07, 6.45) is -4.32. The molecule has 0 bridgehead atoms. The molecular formula is C21H30F3N5O4. The fourth-order valence-corrected chi connectivity index (χ4v) is 4.61. The average molecular weight is 473 g/mol. The van der Waals surface area contributed by atoms with Gasteiger partial charge in [-0.05, 0) is 39.0 Å². The van der Waals surface area contributed by atoms with E-state index in [2.05, 4.69) is 11.4 Å². The number of hydrogen-bond donors (Lipinski definition) is 2. The van der Waals surface area contributed by atoms with Crippen LogP contribution in [0.1, 0.15) is 47.0 Å². The molecule has 0 radical (unpaired) electrons. The number of likely N-dealkylation sites (N-methyl/N-ethyl adjacent to an activating group) is 1. The summed E-state index contributed by atoms with van der Waals surface area (Å²) in [5.41, 5.74) is -0.881. The fourth-order valence-electron chi connectivity index (χ4n) is 4.61. The summed E-state index contributed by atoms with van der Waals surface area (Å²) in [5.74, 6) is -3.97. The van der Waals surface area contributed by atoms with Gasteiger partial charge < -0.3 is 20.4 Å².